The second-order valence-electron chi connectivity index (χ2n) is 5.74. The van der Waals surface area contributed by atoms with E-state index in [1.807, 2.05) is 13.8 Å². The largest absolute Gasteiger partial charge is 0.362 e. The van der Waals surface area contributed by atoms with Crippen LogP contribution >= 0.6 is 11.6 Å². The molecule has 0 saturated carbocycles. The van der Waals surface area contributed by atoms with Gasteiger partial charge in [0.15, 0.2) is 10.8 Å². The van der Waals surface area contributed by atoms with E-state index in [4.69, 9.17) is 11.6 Å². The fourth-order valence-electron chi connectivity index (χ4n) is 2.83. The molecule has 0 aliphatic carbocycles. The molecule has 3 aromatic rings. The minimum atomic E-state index is -2.80. The van der Waals surface area contributed by atoms with Crippen LogP contribution in [0.3, 0.4) is 0 Å². The number of aromatic amines is 2. The van der Waals surface area contributed by atoms with Crippen molar-refractivity contribution in [1.29, 1.82) is 0 Å². The number of aromatic nitrogens is 5. The molecule has 4 heterocycles. The summed E-state index contributed by atoms with van der Waals surface area (Å²) in [5.74, 6) is -2.80. The van der Waals surface area contributed by atoms with E-state index in [2.05, 4.69) is 20.1 Å². The van der Waals surface area contributed by atoms with Gasteiger partial charge in [0, 0.05) is 19.2 Å². The molecule has 8 nitrogen and oxygen atoms in total. The number of hydrogen-bond donors (Lipinski definition) is 2. The van der Waals surface area contributed by atoms with E-state index in [1.165, 1.54) is 27.9 Å². The van der Waals surface area contributed by atoms with E-state index in [0.717, 1.165) is 0 Å². The smallest absolute Gasteiger partial charge is 0.325 e. The molecule has 0 bridgehead atoms. The van der Waals surface area contributed by atoms with Gasteiger partial charge in [-0.3, -0.25) is 9.78 Å². The zero-order chi connectivity index (χ0) is 19.8. The van der Waals surface area contributed by atoms with Crippen LogP contribution in [0.2, 0.25) is 5.15 Å². The van der Waals surface area contributed by atoms with Crippen LogP contribution in [0.1, 0.15) is 20.3 Å². The average Bonchev–Trinajstić information content (AvgIpc) is 3.18. The molecule has 4 rings (SSSR count). The van der Waals surface area contributed by atoms with E-state index in [1.54, 1.807) is 0 Å². The first-order valence-electron chi connectivity index (χ1n) is 8.33. The lowest BCUT2D eigenvalue weighted by molar-refractivity contribution is 0.0257. The molecule has 0 atom stereocenters. The molecule has 2 N–H and O–H groups in total. The van der Waals surface area contributed by atoms with Crippen molar-refractivity contribution in [3.8, 4) is 11.3 Å². The second kappa shape index (κ2) is 7.10. The van der Waals surface area contributed by atoms with Gasteiger partial charge in [0.2, 0.25) is 0 Å². The summed E-state index contributed by atoms with van der Waals surface area (Å²) >= 11 is 6.06. The number of imidazole rings is 1. The predicted octanol–water partition coefficient (Wildman–Crippen LogP) is 2.30. The number of alkyl halides is 2. The number of H-pyrrole nitrogens is 2. The summed E-state index contributed by atoms with van der Waals surface area (Å²) in [4.78, 5) is 33.3. The molecule has 11 heteroatoms. The molecule has 27 heavy (non-hydrogen) atoms. The Balaban J connectivity index is 0.00000102. The van der Waals surface area contributed by atoms with Crippen LogP contribution in [0.4, 0.5) is 14.5 Å². The first-order valence-corrected chi connectivity index (χ1v) is 8.71. The third kappa shape index (κ3) is 3.57. The quantitative estimate of drug-likeness (QED) is 0.690. The fourth-order valence-corrected chi connectivity index (χ4v) is 3.00. The third-order valence-corrected chi connectivity index (χ3v) is 4.27. The van der Waals surface area contributed by atoms with E-state index < -0.39 is 23.7 Å². The highest BCUT2D eigenvalue weighted by atomic mass is 35.5. The van der Waals surface area contributed by atoms with Crippen molar-refractivity contribution in [2.24, 2.45) is 0 Å². The predicted molar refractivity (Wildman–Crippen MR) is 97.8 cm³/mol. The van der Waals surface area contributed by atoms with E-state index in [9.17, 15) is 18.4 Å². The van der Waals surface area contributed by atoms with Crippen LogP contribution in [0.15, 0.2) is 28.0 Å². The average molecular weight is 399 g/mol. The van der Waals surface area contributed by atoms with Crippen molar-refractivity contribution in [2.75, 3.05) is 18.0 Å². The summed E-state index contributed by atoms with van der Waals surface area (Å²) in [6, 6.07) is 1.49. The second-order valence-corrected chi connectivity index (χ2v) is 6.13. The molecular weight excluding hydrogens is 382 g/mol. The highest BCUT2D eigenvalue weighted by Gasteiger charge is 2.39. The van der Waals surface area contributed by atoms with E-state index in [-0.39, 0.29) is 29.4 Å². The Morgan fingerprint density at radius 2 is 2.04 bits per heavy atom. The molecular formula is C16H17ClF2N6O2. The first kappa shape index (κ1) is 19.0. The maximum atomic E-state index is 13.6. The Bertz CT molecular complexity index is 1090. The van der Waals surface area contributed by atoms with Gasteiger partial charge in [-0.1, -0.05) is 25.4 Å². The lowest BCUT2D eigenvalue weighted by Crippen LogP contribution is -2.26. The fraction of sp³-hybridized carbons (Fsp3) is 0.375. The van der Waals surface area contributed by atoms with Crippen molar-refractivity contribution in [3.63, 3.8) is 0 Å². The van der Waals surface area contributed by atoms with Crippen molar-refractivity contribution >= 4 is 22.9 Å². The maximum absolute atomic E-state index is 13.6. The summed E-state index contributed by atoms with van der Waals surface area (Å²) in [7, 11) is 0. The summed E-state index contributed by atoms with van der Waals surface area (Å²) < 4.78 is 28.5. The van der Waals surface area contributed by atoms with Crippen LogP contribution in [0.5, 0.6) is 0 Å². The third-order valence-electron chi connectivity index (χ3n) is 4.01. The van der Waals surface area contributed by atoms with Crippen molar-refractivity contribution < 1.29 is 8.78 Å². The number of nitrogens with one attached hydrogen (secondary N) is 2. The van der Waals surface area contributed by atoms with Gasteiger partial charge in [0.05, 0.1) is 24.0 Å². The van der Waals surface area contributed by atoms with E-state index in [0.29, 0.717) is 11.3 Å². The highest BCUT2D eigenvalue weighted by molar-refractivity contribution is 6.29. The molecule has 3 aromatic heterocycles. The number of halogens is 3. The Labute approximate surface area is 156 Å². The number of rotatable bonds is 2. The molecule has 144 valence electrons. The molecule has 0 unspecified atom stereocenters. The van der Waals surface area contributed by atoms with Gasteiger partial charge in [-0.15, -0.1) is 0 Å². The zero-order valence-electron chi connectivity index (χ0n) is 14.6. The van der Waals surface area contributed by atoms with E-state index >= 15 is 0 Å². The van der Waals surface area contributed by atoms with Gasteiger partial charge < -0.3 is 9.88 Å². The van der Waals surface area contributed by atoms with Crippen LogP contribution in [0, 0.1) is 0 Å². The number of hydrogen-bond acceptors (Lipinski definition) is 5. The first-order chi connectivity index (χ1) is 12.8. The van der Waals surface area contributed by atoms with Gasteiger partial charge in [-0.05, 0) is 6.07 Å². The highest BCUT2D eigenvalue weighted by Crippen LogP contribution is 2.34. The minimum Gasteiger partial charge on any atom is -0.362 e. The number of nitrogens with zero attached hydrogens (tertiary/aromatic N) is 4. The van der Waals surface area contributed by atoms with Gasteiger partial charge in [0.1, 0.15) is 5.69 Å². The number of anilines is 1. The summed E-state index contributed by atoms with van der Waals surface area (Å²) in [6.45, 7) is 3.68. The van der Waals surface area contributed by atoms with Gasteiger partial charge >= 0.3 is 5.69 Å². The van der Waals surface area contributed by atoms with Crippen molar-refractivity contribution in [1.82, 2.24) is 24.6 Å². The molecule has 1 saturated heterocycles. The number of fused-ring (bicyclic) bond motifs is 1. The monoisotopic (exact) mass is 398 g/mol. The minimum absolute atomic E-state index is 0.0819. The molecule has 0 aromatic carbocycles. The molecule has 0 spiro atoms. The zero-order valence-corrected chi connectivity index (χ0v) is 15.3. The van der Waals surface area contributed by atoms with Crippen molar-refractivity contribution in [3.05, 3.63) is 44.5 Å². The lowest BCUT2D eigenvalue weighted by Gasteiger charge is -2.19. The maximum Gasteiger partial charge on any atom is 0.325 e. The van der Waals surface area contributed by atoms with Gasteiger partial charge in [0.25, 0.3) is 11.5 Å². The Hall–Kier alpha value is -2.75. The molecule has 0 amide bonds. The van der Waals surface area contributed by atoms with Crippen LogP contribution in [-0.4, -0.2) is 43.6 Å². The van der Waals surface area contributed by atoms with Crippen molar-refractivity contribution in [2.45, 2.75) is 26.2 Å². The lowest BCUT2D eigenvalue weighted by atomic mass is 10.2. The van der Waals surface area contributed by atoms with Crippen LogP contribution < -0.4 is 16.1 Å². The molecule has 0 radical (unpaired) electrons. The summed E-state index contributed by atoms with van der Waals surface area (Å²) in [5.41, 5.74) is -0.347. The standard InChI is InChI=1S/C14H11ClF2N6O2.C2H6/c15-10-5-18-11-9(22-2-1-14(16,17)6-22)3-8(21-23(10)11)7-4-19-13(25)20-12(7)24;1-2/h3-5H,1-2,6H2,(H2,19,20,24,25);1-2H3. The molecule has 1 aliphatic heterocycles. The van der Waals surface area contributed by atoms with Gasteiger partial charge in [-0.2, -0.15) is 9.61 Å². The molecule has 1 fully saturated rings. The SMILES string of the molecule is CC.O=c1[nH]cc(-c2cc(N3CCC(F)(F)C3)c3ncc(Cl)n3n2)c(=O)[nH]1. The summed E-state index contributed by atoms with van der Waals surface area (Å²) in [6.07, 6.45) is 2.29. The summed E-state index contributed by atoms with van der Waals surface area (Å²) in [5, 5.41) is 4.40. The topological polar surface area (TPSA) is 99.2 Å². The molecule has 1 aliphatic rings. The van der Waals surface area contributed by atoms with Gasteiger partial charge in [-0.25, -0.2) is 18.6 Å². The Kier molecular flexibility index (Phi) is 5.01. The Morgan fingerprint density at radius 1 is 1.30 bits per heavy atom. The van der Waals surface area contributed by atoms with Crippen LogP contribution in [0.25, 0.3) is 16.9 Å². The Morgan fingerprint density at radius 3 is 2.67 bits per heavy atom. The normalized spacial score (nSPS) is 15.7. The van der Waals surface area contributed by atoms with Crippen LogP contribution in [-0.2, 0) is 0 Å².